The predicted octanol–water partition coefficient (Wildman–Crippen LogP) is 1.52. The van der Waals surface area contributed by atoms with Crippen LogP contribution in [0.5, 0.6) is 0 Å². The maximum absolute atomic E-state index is 13.4. The zero-order chi connectivity index (χ0) is 14.1. The molecule has 0 bridgehead atoms. The second-order valence-electron chi connectivity index (χ2n) is 3.64. The van der Waals surface area contributed by atoms with Crippen molar-refractivity contribution in [2.75, 3.05) is 6.26 Å². The van der Waals surface area contributed by atoms with Gasteiger partial charge in [0.2, 0.25) is 0 Å². The van der Waals surface area contributed by atoms with Gasteiger partial charge >= 0.3 is 5.97 Å². The van der Waals surface area contributed by atoms with Gasteiger partial charge in [-0.3, -0.25) is 4.79 Å². The van der Waals surface area contributed by atoms with Crippen LogP contribution in [0.2, 0.25) is 0 Å². The summed E-state index contributed by atoms with van der Waals surface area (Å²) in [6.45, 7) is 0. The van der Waals surface area contributed by atoms with Gasteiger partial charge in [0.25, 0.3) is 0 Å². The van der Waals surface area contributed by atoms with Gasteiger partial charge in [0.1, 0.15) is 10.7 Å². The van der Waals surface area contributed by atoms with Crippen molar-refractivity contribution < 1.29 is 31.5 Å². The molecule has 0 aliphatic carbocycles. The highest BCUT2D eigenvalue weighted by Gasteiger charge is 2.25. The number of aryl methyl sites for hydroxylation is 1. The van der Waals surface area contributed by atoms with Crippen molar-refractivity contribution in [2.45, 2.75) is 17.7 Å². The molecule has 8 heteroatoms. The molecule has 0 aromatic heterocycles. The minimum atomic E-state index is -4.24. The highest BCUT2D eigenvalue weighted by Crippen LogP contribution is 2.24. The first-order valence-corrected chi connectivity index (χ1v) is 6.62. The smallest absolute Gasteiger partial charge is 0.303 e. The Morgan fingerprint density at radius 2 is 1.83 bits per heavy atom. The first-order valence-electron chi connectivity index (χ1n) is 4.72. The van der Waals surface area contributed by atoms with Gasteiger partial charge in [-0.05, 0) is 18.1 Å². The van der Waals surface area contributed by atoms with Gasteiger partial charge in [-0.25, -0.2) is 21.6 Å². The standard InChI is InChI=1S/C10H9F3O4S/c1-18(16,17)10-6(11)4-5(2-3-7(14)15)8(12)9(10)13/h4H,2-3H2,1H3,(H,14,15). The van der Waals surface area contributed by atoms with Crippen LogP contribution in [-0.2, 0) is 21.1 Å². The van der Waals surface area contributed by atoms with E-state index >= 15 is 0 Å². The lowest BCUT2D eigenvalue weighted by molar-refractivity contribution is -0.136. The molecule has 0 unspecified atom stereocenters. The quantitative estimate of drug-likeness (QED) is 0.850. The number of hydrogen-bond donors (Lipinski definition) is 1. The number of carboxylic acids is 1. The third kappa shape index (κ3) is 3.00. The summed E-state index contributed by atoms with van der Waals surface area (Å²) in [5, 5.41) is 8.38. The summed E-state index contributed by atoms with van der Waals surface area (Å²) in [7, 11) is -4.24. The van der Waals surface area contributed by atoms with E-state index in [0.717, 1.165) is 0 Å². The van der Waals surface area contributed by atoms with Crippen molar-refractivity contribution in [1.82, 2.24) is 0 Å². The number of aliphatic carboxylic acids is 1. The summed E-state index contributed by atoms with van der Waals surface area (Å²) in [6, 6.07) is 0.498. The Morgan fingerprint density at radius 3 is 2.28 bits per heavy atom. The number of sulfone groups is 1. The van der Waals surface area contributed by atoms with Gasteiger partial charge in [-0.15, -0.1) is 0 Å². The topological polar surface area (TPSA) is 71.4 Å². The second kappa shape index (κ2) is 4.97. The summed E-state index contributed by atoms with van der Waals surface area (Å²) in [4.78, 5) is 8.93. The molecule has 1 aromatic carbocycles. The number of carbonyl (C=O) groups is 1. The summed E-state index contributed by atoms with van der Waals surface area (Å²) in [5.74, 6) is -6.06. The van der Waals surface area contributed by atoms with E-state index in [1.54, 1.807) is 0 Å². The lowest BCUT2D eigenvalue weighted by Gasteiger charge is -2.08. The Kier molecular flexibility index (Phi) is 4.00. The SMILES string of the molecule is CS(=O)(=O)c1c(F)cc(CCC(=O)O)c(F)c1F. The van der Waals surface area contributed by atoms with Crippen LogP contribution < -0.4 is 0 Å². The van der Waals surface area contributed by atoms with Crippen LogP contribution >= 0.6 is 0 Å². The summed E-state index contributed by atoms with van der Waals surface area (Å²) >= 11 is 0. The summed E-state index contributed by atoms with van der Waals surface area (Å²) < 4.78 is 62.3. The highest BCUT2D eigenvalue weighted by atomic mass is 32.2. The van der Waals surface area contributed by atoms with E-state index in [1.807, 2.05) is 0 Å². The molecule has 0 fully saturated rings. The molecule has 4 nitrogen and oxygen atoms in total. The molecule has 100 valence electrons. The van der Waals surface area contributed by atoms with Crippen LogP contribution in [0.3, 0.4) is 0 Å². The fourth-order valence-electron chi connectivity index (χ4n) is 1.39. The van der Waals surface area contributed by atoms with Crippen LogP contribution in [0.15, 0.2) is 11.0 Å². The van der Waals surface area contributed by atoms with E-state index < -0.39 is 56.6 Å². The Morgan fingerprint density at radius 1 is 1.28 bits per heavy atom. The highest BCUT2D eigenvalue weighted by molar-refractivity contribution is 7.90. The van der Waals surface area contributed by atoms with E-state index in [9.17, 15) is 26.4 Å². The third-order valence-electron chi connectivity index (χ3n) is 2.17. The van der Waals surface area contributed by atoms with Crippen LogP contribution in [-0.4, -0.2) is 25.7 Å². The van der Waals surface area contributed by atoms with Crippen molar-refractivity contribution in [2.24, 2.45) is 0 Å². The van der Waals surface area contributed by atoms with E-state index in [0.29, 0.717) is 12.3 Å². The maximum Gasteiger partial charge on any atom is 0.303 e. The zero-order valence-corrected chi connectivity index (χ0v) is 10.0. The fraction of sp³-hybridized carbons (Fsp3) is 0.300. The fourth-order valence-corrected chi connectivity index (χ4v) is 2.22. The summed E-state index contributed by atoms with van der Waals surface area (Å²) in [6.07, 6.45) is -0.405. The van der Waals surface area contributed by atoms with E-state index in [1.165, 1.54) is 0 Å². The molecule has 0 radical (unpaired) electrons. The minimum absolute atomic E-state index is 0.431. The van der Waals surface area contributed by atoms with Crippen molar-refractivity contribution >= 4 is 15.8 Å². The molecular weight excluding hydrogens is 273 g/mol. The number of halogens is 3. The third-order valence-corrected chi connectivity index (χ3v) is 3.29. The molecule has 18 heavy (non-hydrogen) atoms. The van der Waals surface area contributed by atoms with E-state index in [4.69, 9.17) is 5.11 Å². The Balaban J connectivity index is 3.33. The number of hydrogen-bond acceptors (Lipinski definition) is 3. The Labute approximate surface area is 101 Å². The molecule has 0 heterocycles. The Bertz CT molecular complexity index is 596. The number of rotatable bonds is 4. The first-order chi connectivity index (χ1) is 8.14. The number of carboxylic acid groups (broad SMARTS) is 1. The lowest BCUT2D eigenvalue weighted by Crippen LogP contribution is -2.10. The van der Waals surface area contributed by atoms with Gasteiger partial charge in [0.05, 0.1) is 0 Å². The molecule has 0 aliphatic rings. The molecule has 0 saturated carbocycles. The molecule has 0 amide bonds. The largest absolute Gasteiger partial charge is 0.481 e. The van der Waals surface area contributed by atoms with Crippen LogP contribution in [0, 0.1) is 17.5 Å². The van der Waals surface area contributed by atoms with Gasteiger partial charge in [0, 0.05) is 12.7 Å². The van der Waals surface area contributed by atoms with Crippen molar-refractivity contribution in [1.29, 1.82) is 0 Å². The van der Waals surface area contributed by atoms with Crippen molar-refractivity contribution in [3.05, 3.63) is 29.1 Å². The molecule has 0 saturated heterocycles. The normalized spacial score (nSPS) is 11.6. The monoisotopic (exact) mass is 282 g/mol. The average Bonchev–Trinajstić information content (AvgIpc) is 2.19. The Hall–Kier alpha value is -1.57. The van der Waals surface area contributed by atoms with Crippen molar-refractivity contribution in [3.63, 3.8) is 0 Å². The van der Waals surface area contributed by atoms with Crippen LogP contribution in [0.1, 0.15) is 12.0 Å². The van der Waals surface area contributed by atoms with Gasteiger partial charge in [-0.2, -0.15) is 0 Å². The average molecular weight is 282 g/mol. The minimum Gasteiger partial charge on any atom is -0.481 e. The van der Waals surface area contributed by atoms with Gasteiger partial charge in [-0.1, -0.05) is 0 Å². The van der Waals surface area contributed by atoms with Gasteiger partial charge in [0.15, 0.2) is 21.5 Å². The molecule has 1 N–H and O–H groups in total. The zero-order valence-electron chi connectivity index (χ0n) is 9.21. The molecule has 0 atom stereocenters. The number of benzene rings is 1. The van der Waals surface area contributed by atoms with Crippen molar-refractivity contribution in [3.8, 4) is 0 Å². The van der Waals surface area contributed by atoms with Crippen LogP contribution in [0.25, 0.3) is 0 Å². The predicted molar refractivity (Wildman–Crippen MR) is 55.4 cm³/mol. The van der Waals surface area contributed by atoms with Gasteiger partial charge < -0.3 is 5.11 Å². The summed E-state index contributed by atoms with van der Waals surface area (Å²) in [5.41, 5.74) is -0.514. The van der Waals surface area contributed by atoms with E-state index in [-0.39, 0.29) is 0 Å². The molecule has 0 spiro atoms. The van der Waals surface area contributed by atoms with Crippen LogP contribution in [0.4, 0.5) is 13.2 Å². The molecule has 1 aromatic rings. The second-order valence-corrected chi connectivity index (χ2v) is 5.59. The lowest BCUT2D eigenvalue weighted by atomic mass is 10.1. The first kappa shape index (κ1) is 14.5. The maximum atomic E-state index is 13.4. The molecular formula is C10H9F3O4S. The molecule has 0 aliphatic heterocycles. The molecule has 1 rings (SSSR count). The van der Waals surface area contributed by atoms with E-state index in [2.05, 4.69) is 0 Å².